The Balaban J connectivity index is 1.77. The number of amides is 5. The number of carbonyl (C=O) groups is 4. The first-order valence-corrected chi connectivity index (χ1v) is 15.7. The molecule has 2 aromatic rings. The van der Waals surface area contributed by atoms with Gasteiger partial charge in [0.25, 0.3) is 0 Å². The number of nitrogens with two attached hydrogens (primary N) is 1. The Morgan fingerprint density at radius 2 is 1.53 bits per heavy atom. The fraction of sp³-hybridized carbons (Fsp3) is 0.529. The van der Waals surface area contributed by atoms with Crippen LogP contribution in [-0.4, -0.2) is 70.8 Å². The molecule has 1 aliphatic rings. The van der Waals surface area contributed by atoms with Gasteiger partial charge in [0.15, 0.2) is 0 Å². The van der Waals surface area contributed by atoms with Crippen molar-refractivity contribution in [2.75, 3.05) is 13.1 Å². The molecule has 1 saturated carbocycles. The molecule has 2 aromatic carbocycles. The molecule has 0 heterocycles. The van der Waals surface area contributed by atoms with Gasteiger partial charge in [0, 0.05) is 12.1 Å². The highest BCUT2D eigenvalue weighted by atomic mass is 16.5. The van der Waals surface area contributed by atoms with Crippen LogP contribution in [-0.2, 0) is 27.4 Å². The molecule has 0 unspecified atom stereocenters. The molecule has 1 aliphatic carbocycles. The summed E-state index contributed by atoms with van der Waals surface area (Å²) >= 11 is 0. The van der Waals surface area contributed by atoms with E-state index in [0.717, 1.165) is 36.8 Å². The number of nitrogens with zero attached hydrogens (tertiary/aromatic N) is 1. The maximum absolute atomic E-state index is 13.5. The molecular formula is C34H49N5O6. The van der Waals surface area contributed by atoms with Gasteiger partial charge < -0.3 is 36.4 Å². The minimum absolute atomic E-state index is 0.0246. The molecule has 0 radical (unpaired) electrons. The van der Waals surface area contributed by atoms with E-state index in [1.807, 2.05) is 57.2 Å². The second-order valence-electron chi connectivity index (χ2n) is 12.9. The Bertz CT molecular complexity index is 1230. The number of aliphatic hydroxyl groups excluding tert-OH is 1. The third-order valence-electron chi connectivity index (χ3n) is 7.70. The summed E-state index contributed by atoms with van der Waals surface area (Å²) in [7, 11) is 0. The number of benzene rings is 2. The average molecular weight is 624 g/mol. The van der Waals surface area contributed by atoms with E-state index < -0.39 is 48.1 Å². The molecule has 11 heteroatoms. The lowest BCUT2D eigenvalue weighted by Crippen LogP contribution is -2.58. The van der Waals surface area contributed by atoms with Gasteiger partial charge in [-0.25, -0.2) is 9.59 Å². The molecule has 0 saturated heterocycles. The van der Waals surface area contributed by atoms with Gasteiger partial charge in [0.2, 0.25) is 11.8 Å². The normalized spacial score (nSPS) is 15.6. The Morgan fingerprint density at radius 1 is 0.933 bits per heavy atom. The molecule has 3 atom stereocenters. The molecule has 45 heavy (non-hydrogen) atoms. The van der Waals surface area contributed by atoms with Gasteiger partial charge in [-0.1, -0.05) is 79.9 Å². The van der Waals surface area contributed by atoms with Crippen LogP contribution < -0.4 is 21.7 Å². The number of alkyl carbamates (subject to hydrolysis) is 1. The van der Waals surface area contributed by atoms with E-state index in [2.05, 4.69) is 16.0 Å². The standard InChI is InChI=1S/C34H49N5O6/c1-34(2,3)38-32(43)39(21-25-15-9-5-10-16-25)22-29(40)27(19-24-13-7-4-8-14-24)36-31(42)28(20-30(35)41)37-33(44)45-23-26-17-11-6-12-18-26/h4,6-8,11-14,17-18,25,27-29,40H,5,9-10,15-16,19-23H2,1-3H3,(H2,35,41)(H,36,42)(H,37,44)(H,38,43)/t27-,28-,29+/m0/s1. The minimum atomic E-state index is -1.33. The van der Waals surface area contributed by atoms with Gasteiger partial charge in [-0.15, -0.1) is 0 Å². The van der Waals surface area contributed by atoms with E-state index >= 15 is 0 Å². The van der Waals surface area contributed by atoms with Crippen molar-refractivity contribution in [2.45, 2.75) is 96.1 Å². The number of hydrogen-bond donors (Lipinski definition) is 5. The predicted octanol–water partition coefficient (Wildman–Crippen LogP) is 3.64. The quantitative estimate of drug-likeness (QED) is 0.216. The van der Waals surface area contributed by atoms with Crippen LogP contribution in [0.5, 0.6) is 0 Å². The first-order valence-electron chi connectivity index (χ1n) is 15.7. The first-order chi connectivity index (χ1) is 21.4. The molecule has 0 aromatic heterocycles. The summed E-state index contributed by atoms with van der Waals surface area (Å²) in [5.41, 5.74) is 6.54. The molecular weight excluding hydrogens is 574 g/mol. The van der Waals surface area contributed by atoms with Crippen LogP contribution in [0.25, 0.3) is 0 Å². The van der Waals surface area contributed by atoms with Crippen molar-refractivity contribution in [3.05, 3.63) is 71.8 Å². The number of carbonyl (C=O) groups excluding carboxylic acids is 4. The molecule has 5 amide bonds. The van der Waals surface area contributed by atoms with Crippen molar-refractivity contribution in [1.29, 1.82) is 0 Å². The van der Waals surface area contributed by atoms with Gasteiger partial charge in [0.1, 0.15) is 12.6 Å². The van der Waals surface area contributed by atoms with E-state index in [-0.39, 0.29) is 25.6 Å². The van der Waals surface area contributed by atoms with Gasteiger partial charge >= 0.3 is 12.1 Å². The van der Waals surface area contributed by atoms with Crippen molar-refractivity contribution < 1.29 is 29.0 Å². The van der Waals surface area contributed by atoms with E-state index in [0.29, 0.717) is 12.5 Å². The van der Waals surface area contributed by atoms with Gasteiger partial charge in [-0.2, -0.15) is 0 Å². The summed E-state index contributed by atoms with van der Waals surface area (Å²) in [6, 6.07) is 15.9. The van der Waals surface area contributed by atoms with Gasteiger partial charge in [-0.3, -0.25) is 9.59 Å². The highest BCUT2D eigenvalue weighted by Crippen LogP contribution is 2.25. The number of ether oxygens (including phenoxy) is 1. The average Bonchev–Trinajstić information content (AvgIpc) is 2.99. The van der Waals surface area contributed by atoms with E-state index in [4.69, 9.17) is 10.5 Å². The van der Waals surface area contributed by atoms with Crippen LogP contribution in [0.4, 0.5) is 9.59 Å². The third-order valence-corrected chi connectivity index (χ3v) is 7.70. The lowest BCUT2D eigenvalue weighted by atomic mass is 9.89. The maximum Gasteiger partial charge on any atom is 0.408 e. The smallest absolute Gasteiger partial charge is 0.408 e. The van der Waals surface area contributed by atoms with E-state index in [1.54, 1.807) is 29.2 Å². The summed E-state index contributed by atoms with van der Waals surface area (Å²) in [6.07, 6.45) is 3.14. The monoisotopic (exact) mass is 623 g/mol. The Kier molecular flexibility index (Phi) is 13.7. The molecule has 0 spiro atoms. The SMILES string of the molecule is CC(C)(C)NC(=O)N(CC1CCCCC1)C[C@@H](O)[C@H](Cc1ccccc1)NC(=O)[C@H](CC(N)=O)NC(=O)OCc1ccccc1. The minimum Gasteiger partial charge on any atom is -0.445 e. The zero-order chi connectivity index (χ0) is 32.8. The second kappa shape index (κ2) is 17.4. The first kappa shape index (κ1) is 35.4. The zero-order valence-electron chi connectivity index (χ0n) is 26.7. The molecule has 1 fully saturated rings. The highest BCUT2D eigenvalue weighted by Gasteiger charge is 2.32. The number of aliphatic hydroxyl groups is 1. The summed E-state index contributed by atoms with van der Waals surface area (Å²) < 4.78 is 5.25. The lowest BCUT2D eigenvalue weighted by molar-refractivity contribution is -0.128. The highest BCUT2D eigenvalue weighted by molar-refractivity contribution is 5.90. The molecule has 11 nitrogen and oxygen atoms in total. The van der Waals surface area contributed by atoms with E-state index in [9.17, 15) is 24.3 Å². The van der Waals surface area contributed by atoms with Crippen LogP contribution in [0.3, 0.4) is 0 Å². The van der Waals surface area contributed by atoms with Crippen molar-refractivity contribution in [1.82, 2.24) is 20.9 Å². The summed E-state index contributed by atoms with van der Waals surface area (Å²) in [5.74, 6) is -1.18. The number of nitrogens with one attached hydrogen (secondary N) is 3. The fourth-order valence-corrected chi connectivity index (χ4v) is 5.43. The Hall–Kier alpha value is -4.12. The van der Waals surface area contributed by atoms with Crippen LogP contribution in [0, 0.1) is 5.92 Å². The van der Waals surface area contributed by atoms with Crippen LogP contribution in [0.1, 0.15) is 70.4 Å². The fourth-order valence-electron chi connectivity index (χ4n) is 5.43. The van der Waals surface area contributed by atoms with Crippen molar-refractivity contribution in [3.63, 3.8) is 0 Å². The molecule has 246 valence electrons. The topological polar surface area (TPSA) is 163 Å². The summed E-state index contributed by atoms with van der Waals surface area (Å²) in [4.78, 5) is 53.0. The maximum atomic E-state index is 13.5. The molecule has 0 bridgehead atoms. The third kappa shape index (κ3) is 13.2. The van der Waals surface area contributed by atoms with Crippen LogP contribution >= 0.6 is 0 Å². The number of hydrogen-bond acceptors (Lipinski definition) is 6. The molecule has 3 rings (SSSR count). The largest absolute Gasteiger partial charge is 0.445 e. The predicted molar refractivity (Wildman–Crippen MR) is 172 cm³/mol. The second-order valence-corrected chi connectivity index (χ2v) is 12.9. The molecule has 6 N–H and O–H groups in total. The summed E-state index contributed by atoms with van der Waals surface area (Å²) in [5, 5.41) is 19.8. The number of primary amides is 1. The number of urea groups is 1. The van der Waals surface area contributed by atoms with Crippen molar-refractivity contribution in [3.8, 4) is 0 Å². The van der Waals surface area contributed by atoms with Gasteiger partial charge in [0.05, 0.1) is 25.1 Å². The van der Waals surface area contributed by atoms with Crippen molar-refractivity contribution >= 4 is 23.9 Å². The Labute approximate surface area is 266 Å². The summed E-state index contributed by atoms with van der Waals surface area (Å²) in [6.45, 7) is 6.13. The van der Waals surface area contributed by atoms with Gasteiger partial charge in [-0.05, 0) is 57.1 Å². The van der Waals surface area contributed by atoms with Crippen LogP contribution in [0.15, 0.2) is 60.7 Å². The lowest BCUT2D eigenvalue weighted by Gasteiger charge is -2.35. The van der Waals surface area contributed by atoms with Crippen molar-refractivity contribution in [2.24, 2.45) is 11.7 Å². The molecule has 0 aliphatic heterocycles. The number of rotatable bonds is 14. The zero-order valence-corrected chi connectivity index (χ0v) is 26.7. The Morgan fingerprint density at radius 3 is 2.11 bits per heavy atom. The van der Waals surface area contributed by atoms with E-state index in [1.165, 1.54) is 6.42 Å². The van der Waals surface area contributed by atoms with Crippen LogP contribution in [0.2, 0.25) is 0 Å².